The van der Waals surface area contributed by atoms with Crippen molar-refractivity contribution in [2.45, 2.75) is 6.92 Å². The molecule has 0 bridgehead atoms. The fourth-order valence-electron chi connectivity index (χ4n) is 0.306. The highest BCUT2D eigenvalue weighted by molar-refractivity contribution is 5.85. The zero-order chi connectivity index (χ0) is 5.28. The second-order valence-electron chi connectivity index (χ2n) is 1.34. The first-order valence-corrected chi connectivity index (χ1v) is 1.97. The Kier molecular flexibility index (Phi) is 2.34. The van der Waals surface area contributed by atoms with E-state index in [0.717, 1.165) is 0 Å². The van der Waals surface area contributed by atoms with E-state index in [1.165, 1.54) is 6.20 Å². The van der Waals surface area contributed by atoms with Crippen LogP contribution >= 0.6 is 12.4 Å². The number of nitrogen functional groups attached to an aromatic ring is 1. The number of nitrogens with zero attached hydrogens (tertiary/aromatic N) is 1. The number of rotatable bonds is 0. The van der Waals surface area contributed by atoms with Crippen molar-refractivity contribution in [3.05, 3.63) is 12.0 Å². The van der Waals surface area contributed by atoms with Gasteiger partial charge in [0, 0.05) is 0 Å². The number of halogens is 1. The summed E-state index contributed by atoms with van der Waals surface area (Å²) in [7, 11) is 0. The lowest BCUT2D eigenvalue weighted by Crippen LogP contribution is -1.80. The Balaban J connectivity index is 0.000000490. The van der Waals surface area contributed by atoms with Gasteiger partial charge in [-0.05, 0) is 6.92 Å². The fraction of sp³-hybridized carbons (Fsp3) is 0.250. The van der Waals surface area contributed by atoms with Gasteiger partial charge in [-0.2, -0.15) is 0 Å². The van der Waals surface area contributed by atoms with Crippen molar-refractivity contribution in [3.8, 4) is 0 Å². The van der Waals surface area contributed by atoms with Gasteiger partial charge in [-0.1, -0.05) is 5.16 Å². The summed E-state index contributed by atoms with van der Waals surface area (Å²) in [6.07, 6.45) is 1.48. The summed E-state index contributed by atoms with van der Waals surface area (Å²) in [6.45, 7) is 1.77. The van der Waals surface area contributed by atoms with Crippen molar-refractivity contribution in [2.24, 2.45) is 0 Å². The van der Waals surface area contributed by atoms with Crippen molar-refractivity contribution in [1.29, 1.82) is 0 Å². The van der Waals surface area contributed by atoms with Gasteiger partial charge < -0.3 is 10.3 Å². The minimum absolute atomic E-state index is 0. The quantitative estimate of drug-likeness (QED) is 0.576. The van der Waals surface area contributed by atoms with E-state index in [1.807, 2.05) is 0 Å². The highest BCUT2D eigenvalue weighted by Crippen LogP contribution is 2.04. The van der Waals surface area contributed by atoms with Gasteiger partial charge in [0.05, 0.1) is 11.9 Å². The minimum Gasteiger partial charge on any atom is -0.395 e. The molecule has 0 radical (unpaired) electrons. The number of aromatic nitrogens is 1. The highest BCUT2D eigenvalue weighted by atomic mass is 35.5. The molecule has 0 aromatic carbocycles. The van der Waals surface area contributed by atoms with Crippen LogP contribution in [-0.4, -0.2) is 5.16 Å². The topological polar surface area (TPSA) is 52.0 Å². The number of hydrogen-bond acceptors (Lipinski definition) is 3. The van der Waals surface area contributed by atoms with Crippen LogP contribution in [0.2, 0.25) is 0 Å². The second kappa shape index (κ2) is 2.57. The molecule has 0 saturated heterocycles. The lowest BCUT2D eigenvalue weighted by molar-refractivity contribution is 0.398. The fourth-order valence-corrected chi connectivity index (χ4v) is 0.306. The lowest BCUT2D eigenvalue weighted by Gasteiger charge is -1.76. The van der Waals surface area contributed by atoms with E-state index in [1.54, 1.807) is 6.92 Å². The molecule has 0 aliphatic carbocycles. The third-order valence-corrected chi connectivity index (χ3v) is 0.788. The molecule has 4 heteroatoms. The molecule has 1 rings (SSSR count). The van der Waals surface area contributed by atoms with E-state index in [0.29, 0.717) is 11.4 Å². The zero-order valence-electron chi connectivity index (χ0n) is 4.42. The molecule has 0 amide bonds. The first-order valence-electron chi connectivity index (χ1n) is 1.97. The van der Waals surface area contributed by atoms with E-state index >= 15 is 0 Å². The van der Waals surface area contributed by atoms with Crippen LogP contribution in [0.1, 0.15) is 5.76 Å². The van der Waals surface area contributed by atoms with Crippen LogP contribution < -0.4 is 5.73 Å². The Morgan fingerprint density at radius 2 is 2.38 bits per heavy atom. The van der Waals surface area contributed by atoms with Crippen LogP contribution in [-0.2, 0) is 0 Å². The molecule has 3 nitrogen and oxygen atoms in total. The standard InChI is InChI=1S/C4H6N2O.ClH/c1-3-4(5)2-6-7-3;/h2H,5H2,1H3;1H. The average Bonchev–Trinajstić information content (AvgIpc) is 1.91. The van der Waals surface area contributed by atoms with Crippen molar-refractivity contribution >= 4 is 18.1 Å². The van der Waals surface area contributed by atoms with Crippen LogP contribution in [0.3, 0.4) is 0 Å². The van der Waals surface area contributed by atoms with Crippen LogP contribution in [0.4, 0.5) is 5.69 Å². The minimum atomic E-state index is 0. The first-order chi connectivity index (χ1) is 3.30. The smallest absolute Gasteiger partial charge is 0.156 e. The molecule has 0 aliphatic heterocycles. The second-order valence-corrected chi connectivity index (χ2v) is 1.34. The Morgan fingerprint density at radius 3 is 2.50 bits per heavy atom. The van der Waals surface area contributed by atoms with E-state index in [4.69, 9.17) is 5.73 Å². The summed E-state index contributed by atoms with van der Waals surface area (Å²) in [5, 5.41) is 3.42. The molecule has 1 aromatic rings. The zero-order valence-corrected chi connectivity index (χ0v) is 5.23. The molecule has 0 spiro atoms. The predicted octanol–water partition coefficient (Wildman–Crippen LogP) is 0.987. The van der Waals surface area contributed by atoms with Gasteiger partial charge in [0.1, 0.15) is 0 Å². The molecule has 8 heavy (non-hydrogen) atoms. The molecule has 0 aliphatic rings. The maximum absolute atomic E-state index is 5.28. The number of nitrogens with two attached hydrogens (primary N) is 1. The van der Waals surface area contributed by atoms with Crippen molar-refractivity contribution in [2.75, 3.05) is 5.73 Å². The summed E-state index contributed by atoms with van der Waals surface area (Å²) in [6, 6.07) is 0. The average molecular weight is 135 g/mol. The molecule has 0 unspecified atom stereocenters. The number of anilines is 1. The van der Waals surface area contributed by atoms with Crippen LogP contribution in [0, 0.1) is 6.92 Å². The Labute approximate surface area is 53.3 Å². The molecule has 1 heterocycles. The third kappa shape index (κ3) is 1.13. The summed E-state index contributed by atoms with van der Waals surface area (Å²) >= 11 is 0. The maximum Gasteiger partial charge on any atom is 0.156 e. The summed E-state index contributed by atoms with van der Waals surface area (Å²) in [4.78, 5) is 0. The molecular weight excluding hydrogens is 128 g/mol. The Bertz CT molecular complexity index is 146. The van der Waals surface area contributed by atoms with E-state index in [-0.39, 0.29) is 12.4 Å². The van der Waals surface area contributed by atoms with E-state index in [9.17, 15) is 0 Å². The third-order valence-electron chi connectivity index (χ3n) is 0.788. The Morgan fingerprint density at radius 1 is 1.75 bits per heavy atom. The maximum atomic E-state index is 5.28. The monoisotopic (exact) mass is 134 g/mol. The van der Waals surface area contributed by atoms with Crippen molar-refractivity contribution in [3.63, 3.8) is 0 Å². The van der Waals surface area contributed by atoms with Gasteiger partial charge in [0.15, 0.2) is 5.76 Å². The largest absolute Gasteiger partial charge is 0.395 e. The molecule has 0 fully saturated rings. The lowest BCUT2D eigenvalue weighted by atomic mass is 10.4. The van der Waals surface area contributed by atoms with E-state index in [2.05, 4.69) is 9.68 Å². The van der Waals surface area contributed by atoms with Gasteiger partial charge in [0.2, 0.25) is 0 Å². The SMILES string of the molecule is Cc1oncc1N.Cl. The Hall–Kier alpha value is -0.700. The van der Waals surface area contributed by atoms with Gasteiger partial charge in [-0.3, -0.25) is 0 Å². The van der Waals surface area contributed by atoms with Crippen LogP contribution in [0.25, 0.3) is 0 Å². The van der Waals surface area contributed by atoms with Crippen LogP contribution in [0.15, 0.2) is 10.7 Å². The van der Waals surface area contributed by atoms with Crippen LogP contribution in [0.5, 0.6) is 0 Å². The molecule has 46 valence electrons. The first kappa shape index (κ1) is 7.30. The van der Waals surface area contributed by atoms with Crippen molar-refractivity contribution in [1.82, 2.24) is 5.16 Å². The van der Waals surface area contributed by atoms with Gasteiger partial charge in [-0.15, -0.1) is 12.4 Å². The van der Waals surface area contributed by atoms with E-state index < -0.39 is 0 Å². The predicted molar refractivity (Wildman–Crippen MR) is 32.9 cm³/mol. The van der Waals surface area contributed by atoms with Gasteiger partial charge in [0.25, 0.3) is 0 Å². The summed E-state index contributed by atoms with van der Waals surface area (Å²) in [5.41, 5.74) is 5.89. The van der Waals surface area contributed by atoms with Gasteiger partial charge >= 0.3 is 0 Å². The summed E-state index contributed by atoms with van der Waals surface area (Å²) in [5.74, 6) is 0.681. The number of aryl methyl sites for hydroxylation is 1. The summed E-state index contributed by atoms with van der Waals surface area (Å²) < 4.78 is 4.59. The molecule has 1 aromatic heterocycles. The van der Waals surface area contributed by atoms with Crippen molar-refractivity contribution < 1.29 is 4.52 Å². The molecular formula is C4H7ClN2O. The highest BCUT2D eigenvalue weighted by Gasteiger charge is 1.92. The molecule has 0 saturated carbocycles. The van der Waals surface area contributed by atoms with Gasteiger partial charge in [-0.25, -0.2) is 0 Å². The number of hydrogen-bond donors (Lipinski definition) is 1. The normalized spacial score (nSPS) is 8.12. The molecule has 0 atom stereocenters. The molecule has 2 N–H and O–H groups in total.